The minimum atomic E-state index is 0.604. The molecule has 4 nitrogen and oxygen atoms in total. The van der Waals surface area contributed by atoms with Gasteiger partial charge in [0.25, 0.3) is 0 Å². The number of benzene rings is 1. The van der Waals surface area contributed by atoms with Crippen LogP contribution in [0.2, 0.25) is 0 Å². The summed E-state index contributed by atoms with van der Waals surface area (Å²) in [6.45, 7) is 3.75. The summed E-state index contributed by atoms with van der Waals surface area (Å²) in [4.78, 5) is 12.3. The molecule has 0 saturated carbocycles. The Labute approximate surface area is 93.6 Å². The molecular weight excluding hydrogens is 200 g/mol. The number of hydrogen-bond acceptors (Lipinski definition) is 4. The quantitative estimate of drug-likeness (QED) is 0.722. The molecule has 0 aliphatic heterocycles. The van der Waals surface area contributed by atoms with Crippen LogP contribution in [0.25, 0.3) is 11.4 Å². The first-order chi connectivity index (χ1) is 7.69. The number of hydrogen-bond donors (Lipinski definition) is 0. The monoisotopic (exact) mass is 210 g/mol. The Morgan fingerprint density at radius 3 is 2.62 bits per heavy atom. The van der Waals surface area contributed by atoms with E-state index in [4.69, 9.17) is 5.26 Å². The number of aromatic nitrogens is 3. The van der Waals surface area contributed by atoms with Crippen molar-refractivity contribution in [3.05, 3.63) is 41.5 Å². The molecule has 78 valence electrons. The Morgan fingerprint density at radius 1 is 1.12 bits per heavy atom. The van der Waals surface area contributed by atoms with Gasteiger partial charge in [-0.05, 0) is 37.6 Å². The van der Waals surface area contributed by atoms with Crippen LogP contribution in [0.15, 0.2) is 24.5 Å². The molecular formula is C12H10N4. The fourth-order valence-electron chi connectivity index (χ4n) is 1.49. The molecule has 2 rings (SSSR count). The zero-order valence-electron chi connectivity index (χ0n) is 9.10. The predicted octanol–water partition coefficient (Wildman–Crippen LogP) is 2.03. The number of nitrogens with zero attached hydrogens (tertiary/aromatic N) is 4. The average Bonchev–Trinajstić information content (AvgIpc) is 2.28. The van der Waals surface area contributed by atoms with Crippen molar-refractivity contribution in [2.75, 3.05) is 0 Å². The zero-order chi connectivity index (χ0) is 11.5. The third kappa shape index (κ3) is 2.04. The summed E-state index contributed by atoms with van der Waals surface area (Å²) in [5, 5.41) is 8.88. The summed E-state index contributed by atoms with van der Waals surface area (Å²) in [6, 6.07) is 7.69. The van der Waals surface area contributed by atoms with Crippen LogP contribution in [0.4, 0.5) is 0 Å². The highest BCUT2D eigenvalue weighted by Gasteiger charge is 2.04. The molecule has 0 unspecified atom stereocenters. The zero-order valence-corrected chi connectivity index (χ0v) is 9.10. The van der Waals surface area contributed by atoms with Crippen LogP contribution in [-0.2, 0) is 0 Å². The summed E-state index contributed by atoms with van der Waals surface area (Å²) < 4.78 is 0. The van der Waals surface area contributed by atoms with Crippen molar-refractivity contribution < 1.29 is 0 Å². The molecule has 0 aliphatic carbocycles. The van der Waals surface area contributed by atoms with E-state index in [1.807, 2.05) is 26.0 Å². The van der Waals surface area contributed by atoms with Gasteiger partial charge in [0, 0.05) is 5.56 Å². The van der Waals surface area contributed by atoms with Crippen LogP contribution in [0.5, 0.6) is 0 Å². The minimum absolute atomic E-state index is 0.604. The highest BCUT2D eigenvalue weighted by atomic mass is 15.0. The Kier molecular flexibility index (Phi) is 2.61. The summed E-state index contributed by atoms with van der Waals surface area (Å²) >= 11 is 0. The maximum Gasteiger partial charge on any atom is 0.163 e. The van der Waals surface area contributed by atoms with Crippen molar-refractivity contribution in [2.24, 2.45) is 0 Å². The Morgan fingerprint density at radius 2 is 1.94 bits per heavy atom. The van der Waals surface area contributed by atoms with Gasteiger partial charge < -0.3 is 0 Å². The van der Waals surface area contributed by atoms with E-state index in [9.17, 15) is 0 Å². The third-order valence-electron chi connectivity index (χ3n) is 2.16. The normalized spacial score (nSPS) is 9.81. The molecule has 0 N–H and O–H groups in total. The van der Waals surface area contributed by atoms with Gasteiger partial charge in [0.2, 0.25) is 0 Å². The van der Waals surface area contributed by atoms with E-state index in [0.717, 1.165) is 11.1 Å². The van der Waals surface area contributed by atoms with Crippen molar-refractivity contribution in [3.63, 3.8) is 0 Å². The van der Waals surface area contributed by atoms with Crippen LogP contribution in [-0.4, -0.2) is 15.0 Å². The van der Waals surface area contributed by atoms with Gasteiger partial charge in [-0.15, -0.1) is 0 Å². The highest BCUT2D eigenvalue weighted by Crippen LogP contribution is 2.18. The molecule has 0 fully saturated rings. The van der Waals surface area contributed by atoms with E-state index in [2.05, 4.69) is 21.0 Å². The maximum atomic E-state index is 8.88. The fourth-order valence-corrected chi connectivity index (χ4v) is 1.49. The molecule has 0 aliphatic rings. The average molecular weight is 210 g/mol. The standard InChI is InChI=1S/C12H10N4/c1-8-3-10(6-13)5-11(4-8)12-15-7-14-9(2)16-12/h3-5,7H,1-2H3. The van der Waals surface area contributed by atoms with E-state index < -0.39 is 0 Å². The van der Waals surface area contributed by atoms with Gasteiger partial charge in [-0.2, -0.15) is 5.26 Å². The van der Waals surface area contributed by atoms with Gasteiger partial charge in [0.15, 0.2) is 5.82 Å². The van der Waals surface area contributed by atoms with Crippen molar-refractivity contribution >= 4 is 0 Å². The lowest BCUT2D eigenvalue weighted by atomic mass is 10.1. The Hall–Kier alpha value is -2.28. The van der Waals surface area contributed by atoms with Gasteiger partial charge in [0.1, 0.15) is 12.2 Å². The smallest absolute Gasteiger partial charge is 0.163 e. The predicted molar refractivity (Wildman–Crippen MR) is 59.5 cm³/mol. The lowest BCUT2D eigenvalue weighted by Crippen LogP contribution is -1.94. The van der Waals surface area contributed by atoms with Crippen molar-refractivity contribution in [2.45, 2.75) is 13.8 Å². The fraction of sp³-hybridized carbons (Fsp3) is 0.167. The lowest BCUT2D eigenvalue weighted by molar-refractivity contribution is 0.982. The van der Waals surface area contributed by atoms with Crippen LogP contribution in [0.1, 0.15) is 17.0 Å². The molecule has 0 atom stereocenters. The van der Waals surface area contributed by atoms with Gasteiger partial charge in [-0.3, -0.25) is 0 Å². The molecule has 16 heavy (non-hydrogen) atoms. The van der Waals surface area contributed by atoms with Crippen LogP contribution < -0.4 is 0 Å². The number of nitriles is 1. The Bertz CT molecular complexity index is 569. The summed E-state index contributed by atoms with van der Waals surface area (Å²) in [7, 11) is 0. The second kappa shape index (κ2) is 4.07. The van der Waals surface area contributed by atoms with Crippen LogP contribution in [0.3, 0.4) is 0 Å². The topological polar surface area (TPSA) is 62.5 Å². The molecule has 0 bridgehead atoms. The largest absolute Gasteiger partial charge is 0.222 e. The first kappa shape index (κ1) is 10.2. The van der Waals surface area contributed by atoms with E-state index in [-0.39, 0.29) is 0 Å². The summed E-state index contributed by atoms with van der Waals surface area (Å²) in [5.41, 5.74) is 2.49. The number of aryl methyl sites for hydroxylation is 2. The van der Waals surface area contributed by atoms with Crippen LogP contribution in [0, 0.1) is 25.2 Å². The van der Waals surface area contributed by atoms with Gasteiger partial charge in [-0.25, -0.2) is 15.0 Å². The van der Waals surface area contributed by atoms with Crippen molar-refractivity contribution in [1.29, 1.82) is 5.26 Å². The first-order valence-electron chi connectivity index (χ1n) is 4.87. The molecule has 1 aromatic carbocycles. The summed E-state index contributed by atoms with van der Waals surface area (Å²) in [5.74, 6) is 1.28. The second-order valence-electron chi connectivity index (χ2n) is 3.56. The van der Waals surface area contributed by atoms with Crippen LogP contribution >= 0.6 is 0 Å². The minimum Gasteiger partial charge on any atom is -0.222 e. The van der Waals surface area contributed by atoms with Gasteiger partial charge in [-0.1, -0.05) is 0 Å². The molecule has 0 radical (unpaired) electrons. The van der Waals surface area contributed by atoms with E-state index in [1.165, 1.54) is 6.33 Å². The van der Waals surface area contributed by atoms with Gasteiger partial charge in [0.05, 0.1) is 11.6 Å². The summed E-state index contributed by atoms with van der Waals surface area (Å²) in [6.07, 6.45) is 1.48. The van der Waals surface area contributed by atoms with Crippen molar-refractivity contribution in [1.82, 2.24) is 15.0 Å². The lowest BCUT2D eigenvalue weighted by Gasteiger charge is -2.02. The molecule has 0 spiro atoms. The molecule has 0 amide bonds. The SMILES string of the molecule is Cc1cc(C#N)cc(-c2ncnc(C)n2)c1. The Balaban J connectivity index is 2.56. The van der Waals surface area contributed by atoms with Crippen molar-refractivity contribution in [3.8, 4) is 17.5 Å². The highest BCUT2D eigenvalue weighted by molar-refractivity contribution is 5.59. The second-order valence-corrected chi connectivity index (χ2v) is 3.56. The molecule has 2 aromatic rings. The van der Waals surface area contributed by atoms with E-state index in [1.54, 1.807) is 6.07 Å². The molecule has 1 heterocycles. The molecule has 0 saturated heterocycles. The molecule has 1 aromatic heterocycles. The van der Waals surface area contributed by atoms with Gasteiger partial charge >= 0.3 is 0 Å². The third-order valence-corrected chi connectivity index (χ3v) is 2.16. The number of rotatable bonds is 1. The molecule has 4 heteroatoms. The van der Waals surface area contributed by atoms with E-state index in [0.29, 0.717) is 17.2 Å². The first-order valence-corrected chi connectivity index (χ1v) is 4.87. The van der Waals surface area contributed by atoms with E-state index >= 15 is 0 Å². The maximum absolute atomic E-state index is 8.88.